The van der Waals surface area contributed by atoms with Crippen LogP contribution in [0.25, 0.3) is 0 Å². The summed E-state index contributed by atoms with van der Waals surface area (Å²) in [5, 5.41) is 6.63. The van der Waals surface area contributed by atoms with Gasteiger partial charge in [-0.05, 0) is 61.3 Å². The van der Waals surface area contributed by atoms with Gasteiger partial charge >= 0.3 is 0 Å². The lowest BCUT2D eigenvalue weighted by molar-refractivity contribution is -0.118. The first kappa shape index (κ1) is 25.8. The first-order valence-corrected chi connectivity index (χ1v) is 15.8. The molecule has 7 rings (SSSR count). The van der Waals surface area contributed by atoms with Crippen LogP contribution in [0.5, 0.6) is 11.5 Å². The first-order valence-electron chi connectivity index (χ1n) is 14.0. The fourth-order valence-corrected chi connectivity index (χ4v) is 8.54. The van der Waals surface area contributed by atoms with Gasteiger partial charge in [0.05, 0.1) is 43.5 Å². The van der Waals surface area contributed by atoms with E-state index in [1.807, 2.05) is 23.1 Å². The fourth-order valence-electron chi connectivity index (χ4n) is 7.34. The highest BCUT2D eigenvalue weighted by atomic mass is 32.2. The van der Waals surface area contributed by atoms with E-state index < -0.39 is 15.3 Å². The van der Waals surface area contributed by atoms with Crippen LogP contribution in [0.2, 0.25) is 0 Å². The third kappa shape index (κ3) is 4.17. The molecule has 2 aromatic rings. The molecule has 2 saturated heterocycles. The number of carbonyl (C=O) groups excluding carboxylic acids is 1. The zero-order valence-corrected chi connectivity index (χ0v) is 23.5. The highest BCUT2D eigenvalue weighted by Crippen LogP contribution is 2.65. The number of carbonyl (C=O) groups is 1. The Morgan fingerprint density at radius 3 is 2.73 bits per heavy atom. The van der Waals surface area contributed by atoms with E-state index in [4.69, 9.17) is 14.5 Å². The van der Waals surface area contributed by atoms with Gasteiger partial charge < -0.3 is 25.0 Å². The number of ether oxygens (including phenoxy) is 2. The van der Waals surface area contributed by atoms with E-state index in [0.29, 0.717) is 48.4 Å². The molecule has 2 aliphatic carbocycles. The Balaban J connectivity index is 1.03. The highest BCUT2D eigenvalue weighted by molar-refractivity contribution is 7.91. The normalized spacial score (nSPS) is 33.7. The van der Waals surface area contributed by atoms with Crippen LogP contribution in [0.4, 0.5) is 17.5 Å². The zero-order valence-electron chi connectivity index (χ0n) is 22.6. The molecule has 1 aromatic heterocycles. The van der Waals surface area contributed by atoms with E-state index >= 15 is 0 Å². The maximum absolute atomic E-state index is 13.1. The van der Waals surface area contributed by atoms with Crippen LogP contribution in [0.15, 0.2) is 24.4 Å². The average molecular weight is 570 g/mol. The number of hydrogen-bond donors (Lipinski definition) is 4. The zero-order chi connectivity index (χ0) is 27.6. The minimum Gasteiger partial charge on any atom is -0.497 e. The number of nitrogens with zero attached hydrogens (tertiary/aromatic N) is 3. The standard InChI is InChI=1S/C27H35N7O5S/c1-38-16-4-6-20-18(12-16)27(25(35)29-20)13-19(27)15-3-5-17-21(11-15)32-33-23(17)30-24-22(39-2)14-28-26(31-24)34-7-9-40(36,37)10-8-34/h4,6,12,14-15,17,19,21,23,32-33H,3,5,7-11,13H2,1-2H3,(H,29,35)(H,28,30,31)/t15?,17?,19-,21?,23?,27-/m0/s1. The summed E-state index contributed by atoms with van der Waals surface area (Å²) in [7, 11) is 0.249. The molecule has 4 N–H and O–H groups in total. The van der Waals surface area contributed by atoms with Crippen molar-refractivity contribution in [3.8, 4) is 11.5 Å². The summed E-state index contributed by atoms with van der Waals surface area (Å²) in [6.07, 6.45) is 5.51. The van der Waals surface area contributed by atoms with Crippen molar-refractivity contribution in [3.05, 3.63) is 30.0 Å². The number of sulfone groups is 1. The summed E-state index contributed by atoms with van der Waals surface area (Å²) >= 11 is 0. The average Bonchev–Trinajstić information content (AvgIpc) is 3.51. The van der Waals surface area contributed by atoms with E-state index in [1.165, 1.54) is 0 Å². The number of benzene rings is 1. The predicted octanol–water partition coefficient (Wildman–Crippen LogP) is 1.27. The Morgan fingerprint density at radius 1 is 1.12 bits per heavy atom. The second kappa shape index (κ2) is 9.45. The topological polar surface area (TPSA) is 147 Å². The number of hydrazine groups is 1. The number of anilines is 3. The molecule has 6 atom stereocenters. The minimum absolute atomic E-state index is 0.0581. The maximum atomic E-state index is 13.1. The fraction of sp³-hybridized carbons (Fsp3) is 0.593. The lowest BCUT2D eigenvalue weighted by Crippen LogP contribution is -2.41. The summed E-state index contributed by atoms with van der Waals surface area (Å²) in [5.74, 6) is 3.84. The smallest absolute Gasteiger partial charge is 0.235 e. The third-order valence-corrected chi connectivity index (χ3v) is 11.2. The SMILES string of the molecule is COc1ccc2c(c1)[C@]1(C[C@H]1C1CCC3C(C1)NNC3Nc1nc(N3CCS(=O)(=O)CC3)ncc1OC)C(=O)N2. The number of fused-ring (bicyclic) bond motifs is 3. The molecule has 4 unspecified atom stereocenters. The number of rotatable bonds is 6. The molecule has 1 spiro atoms. The van der Waals surface area contributed by atoms with Gasteiger partial charge in [0.1, 0.15) is 5.75 Å². The van der Waals surface area contributed by atoms with Crippen LogP contribution in [-0.2, 0) is 20.0 Å². The van der Waals surface area contributed by atoms with Crippen molar-refractivity contribution in [2.45, 2.75) is 43.3 Å². The number of hydrogen-bond acceptors (Lipinski definition) is 11. The lowest BCUT2D eigenvalue weighted by Gasteiger charge is -2.34. The van der Waals surface area contributed by atoms with Crippen molar-refractivity contribution in [2.75, 3.05) is 54.3 Å². The molecule has 13 heteroatoms. The van der Waals surface area contributed by atoms with Gasteiger partial charge in [0, 0.05) is 30.7 Å². The molecule has 12 nitrogen and oxygen atoms in total. The van der Waals surface area contributed by atoms with E-state index in [2.05, 4.69) is 26.5 Å². The van der Waals surface area contributed by atoms with Crippen molar-refractivity contribution in [2.24, 2.45) is 17.8 Å². The predicted molar refractivity (Wildman–Crippen MR) is 149 cm³/mol. The summed E-state index contributed by atoms with van der Waals surface area (Å²) in [4.78, 5) is 24.2. The van der Waals surface area contributed by atoms with Gasteiger partial charge in [-0.15, -0.1) is 0 Å². The Hall–Kier alpha value is -3.16. The van der Waals surface area contributed by atoms with Crippen LogP contribution in [0, 0.1) is 17.8 Å². The summed E-state index contributed by atoms with van der Waals surface area (Å²) in [6.45, 7) is 0.753. The van der Waals surface area contributed by atoms with Crippen molar-refractivity contribution in [3.63, 3.8) is 0 Å². The van der Waals surface area contributed by atoms with Crippen molar-refractivity contribution in [1.29, 1.82) is 0 Å². The molecular formula is C27H35N7O5S. The van der Waals surface area contributed by atoms with Crippen molar-refractivity contribution in [1.82, 2.24) is 20.8 Å². The number of aromatic nitrogens is 2. The first-order chi connectivity index (χ1) is 19.3. The quantitative estimate of drug-likeness (QED) is 0.399. The number of amides is 1. The van der Waals surface area contributed by atoms with Gasteiger partial charge in [-0.3, -0.25) is 10.2 Å². The molecule has 214 valence electrons. The van der Waals surface area contributed by atoms with Crippen LogP contribution in [0.1, 0.15) is 31.2 Å². The molecule has 2 saturated carbocycles. The van der Waals surface area contributed by atoms with Crippen molar-refractivity contribution >= 4 is 33.2 Å². The van der Waals surface area contributed by atoms with Crippen LogP contribution < -0.4 is 35.9 Å². The van der Waals surface area contributed by atoms with Crippen LogP contribution in [0.3, 0.4) is 0 Å². The van der Waals surface area contributed by atoms with E-state index in [-0.39, 0.29) is 29.6 Å². The Kier molecular flexibility index (Phi) is 6.09. The molecule has 0 radical (unpaired) electrons. The highest BCUT2D eigenvalue weighted by Gasteiger charge is 2.67. The summed E-state index contributed by atoms with van der Waals surface area (Å²) in [5.41, 5.74) is 8.49. The monoisotopic (exact) mass is 569 g/mol. The van der Waals surface area contributed by atoms with Gasteiger partial charge in [0.2, 0.25) is 11.9 Å². The van der Waals surface area contributed by atoms with Crippen molar-refractivity contribution < 1.29 is 22.7 Å². The molecule has 1 amide bonds. The van der Waals surface area contributed by atoms with Gasteiger partial charge in [-0.1, -0.05) is 0 Å². The molecule has 4 heterocycles. The Labute approximate surface area is 233 Å². The molecule has 0 bridgehead atoms. The molecule has 1 aromatic carbocycles. The third-order valence-electron chi connectivity index (χ3n) is 9.62. The molecule has 3 aliphatic heterocycles. The van der Waals surface area contributed by atoms with E-state index in [1.54, 1.807) is 20.4 Å². The lowest BCUT2D eigenvalue weighted by atomic mass is 9.74. The van der Waals surface area contributed by atoms with Crippen LogP contribution in [-0.4, -0.2) is 75.3 Å². The Bertz CT molecular complexity index is 1440. The Morgan fingerprint density at radius 2 is 1.95 bits per heavy atom. The molecule has 40 heavy (non-hydrogen) atoms. The van der Waals surface area contributed by atoms with E-state index in [0.717, 1.165) is 42.7 Å². The van der Waals surface area contributed by atoms with Gasteiger partial charge in [-0.25, -0.2) is 18.8 Å². The molecular weight excluding hydrogens is 534 g/mol. The summed E-state index contributed by atoms with van der Waals surface area (Å²) in [6, 6.07) is 6.14. The minimum atomic E-state index is -3.00. The van der Waals surface area contributed by atoms with E-state index in [9.17, 15) is 13.2 Å². The second-order valence-corrected chi connectivity index (χ2v) is 13.9. The molecule has 4 fully saturated rings. The van der Waals surface area contributed by atoms with Crippen LogP contribution >= 0.6 is 0 Å². The molecule has 5 aliphatic rings. The van der Waals surface area contributed by atoms with Gasteiger partial charge in [0.15, 0.2) is 21.4 Å². The summed E-state index contributed by atoms with van der Waals surface area (Å²) < 4.78 is 34.7. The second-order valence-electron chi connectivity index (χ2n) is 11.6. The van der Waals surface area contributed by atoms with Gasteiger partial charge in [0.25, 0.3) is 0 Å². The largest absolute Gasteiger partial charge is 0.497 e. The maximum Gasteiger partial charge on any atom is 0.235 e. The van der Waals surface area contributed by atoms with Gasteiger partial charge in [-0.2, -0.15) is 4.98 Å². The number of methoxy groups -OCH3 is 2. The number of nitrogens with one attached hydrogen (secondary N) is 4.